The molecule has 0 spiro atoms. The fourth-order valence-electron chi connectivity index (χ4n) is 9.77. The van der Waals surface area contributed by atoms with Crippen LogP contribution >= 0.6 is 0 Å². The van der Waals surface area contributed by atoms with Gasteiger partial charge in [0.1, 0.15) is 0 Å². The topological polar surface area (TPSA) is 35.1 Å². The van der Waals surface area contributed by atoms with Gasteiger partial charge in [-0.2, -0.15) is 0 Å². The van der Waals surface area contributed by atoms with E-state index in [-0.39, 0.29) is 0 Å². The van der Waals surface area contributed by atoms with E-state index in [4.69, 9.17) is 9.97 Å². The third-order valence-corrected chi connectivity index (χ3v) is 12.5. The maximum Gasteiger partial charge on any atom is 0.160 e. The second-order valence-corrected chi connectivity index (χ2v) is 15.7. The smallest absolute Gasteiger partial charge is 0.160 e. The van der Waals surface area contributed by atoms with Crippen molar-refractivity contribution in [2.24, 2.45) is 0 Å². The lowest BCUT2D eigenvalue weighted by molar-refractivity contribution is 1.18. The Morgan fingerprint density at radius 2 is 0.917 bits per heavy atom. The van der Waals surface area contributed by atoms with Crippen LogP contribution in [0.4, 0.5) is 0 Å². The predicted octanol–water partition coefficient (Wildman–Crippen LogP) is 14.6. The molecule has 13 rings (SSSR count). The molecule has 4 nitrogen and oxygen atoms in total. The molecule has 0 radical (unpaired) electrons. The van der Waals surface area contributed by atoms with Crippen molar-refractivity contribution in [3.05, 3.63) is 206 Å². The molecule has 9 aromatic carbocycles. The Balaban J connectivity index is 0.965. The SMILES string of the molecule is c1ccc2c(-c3ccc(-c4nc(-c5ccc(-n6c7ccccc7c7ccc8c(cc9c%10ccccc%10c%10ccccc%10n98)c76)cc5)nc5ccccc45)cc3)cccc2c1. The summed E-state index contributed by atoms with van der Waals surface area (Å²) in [6.45, 7) is 0. The summed E-state index contributed by atoms with van der Waals surface area (Å²) in [7, 11) is 0. The Bertz CT molecular complexity index is 3870. The molecule has 0 aliphatic carbocycles. The van der Waals surface area contributed by atoms with Crippen molar-refractivity contribution in [1.82, 2.24) is 18.9 Å². The molecule has 4 heterocycles. The van der Waals surface area contributed by atoms with Crippen LogP contribution in [0.2, 0.25) is 0 Å². The molecule has 0 amide bonds. The monoisotopic (exact) mass is 762 g/mol. The maximum absolute atomic E-state index is 5.28. The summed E-state index contributed by atoms with van der Waals surface area (Å²) in [5, 5.41) is 11.0. The van der Waals surface area contributed by atoms with Crippen LogP contribution in [0.3, 0.4) is 0 Å². The Hall–Kier alpha value is -8.08. The van der Waals surface area contributed by atoms with Gasteiger partial charge in [0.05, 0.1) is 38.8 Å². The summed E-state index contributed by atoms with van der Waals surface area (Å²) in [5.41, 5.74) is 13.4. The van der Waals surface area contributed by atoms with Gasteiger partial charge in [-0.3, -0.25) is 0 Å². The molecule has 0 saturated heterocycles. The van der Waals surface area contributed by atoms with Gasteiger partial charge in [-0.05, 0) is 81.9 Å². The minimum absolute atomic E-state index is 0.704. The van der Waals surface area contributed by atoms with E-state index in [1.807, 2.05) is 0 Å². The number of nitrogens with zero attached hydrogens (tertiary/aromatic N) is 4. The first-order valence-electron chi connectivity index (χ1n) is 20.5. The van der Waals surface area contributed by atoms with Gasteiger partial charge in [0.2, 0.25) is 0 Å². The number of aromatic nitrogens is 4. The lowest BCUT2D eigenvalue weighted by Crippen LogP contribution is -1.97. The zero-order valence-electron chi connectivity index (χ0n) is 32.4. The number of hydrogen-bond donors (Lipinski definition) is 0. The lowest BCUT2D eigenvalue weighted by Gasteiger charge is -2.12. The van der Waals surface area contributed by atoms with Crippen LogP contribution in [0.25, 0.3) is 121 Å². The first kappa shape index (κ1) is 32.9. The zero-order chi connectivity index (χ0) is 39.3. The third-order valence-electron chi connectivity index (χ3n) is 12.5. The van der Waals surface area contributed by atoms with Crippen LogP contribution in [0.5, 0.6) is 0 Å². The first-order valence-corrected chi connectivity index (χ1v) is 20.5. The average Bonchev–Trinajstić information content (AvgIpc) is 3.88. The van der Waals surface area contributed by atoms with Crippen molar-refractivity contribution in [3.8, 4) is 39.5 Å². The highest BCUT2D eigenvalue weighted by molar-refractivity contribution is 6.22. The molecule has 13 aromatic rings. The minimum atomic E-state index is 0.704. The van der Waals surface area contributed by atoms with E-state index in [0.29, 0.717) is 5.82 Å². The van der Waals surface area contributed by atoms with Crippen molar-refractivity contribution in [3.63, 3.8) is 0 Å². The van der Waals surface area contributed by atoms with E-state index in [1.165, 1.54) is 81.8 Å². The molecule has 278 valence electrons. The van der Waals surface area contributed by atoms with Gasteiger partial charge in [-0.25, -0.2) is 9.97 Å². The van der Waals surface area contributed by atoms with Crippen molar-refractivity contribution < 1.29 is 0 Å². The Kier molecular flexibility index (Phi) is 6.98. The molecule has 0 fully saturated rings. The largest absolute Gasteiger partial charge is 0.309 e. The van der Waals surface area contributed by atoms with Gasteiger partial charge in [-0.15, -0.1) is 0 Å². The first-order chi connectivity index (χ1) is 29.8. The molecule has 4 heteroatoms. The lowest BCUT2D eigenvalue weighted by atomic mass is 9.96. The molecule has 0 saturated carbocycles. The summed E-state index contributed by atoms with van der Waals surface area (Å²) in [4.78, 5) is 10.4. The maximum atomic E-state index is 5.28. The van der Waals surface area contributed by atoms with E-state index in [2.05, 4.69) is 215 Å². The highest BCUT2D eigenvalue weighted by atomic mass is 15.0. The van der Waals surface area contributed by atoms with E-state index in [9.17, 15) is 0 Å². The van der Waals surface area contributed by atoms with Gasteiger partial charge in [0.15, 0.2) is 5.82 Å². The van der Waals surface area contributed by atoms with E-state index < -0.39 is 0 Å². The quantitative estimate of drug-likeness (QED) is 0.167. The van der Waals surface area contributed by atoms with Crippen LogP contribution in [0.15, 0.2) is 206 Å². The highest BCUT2D eigenvalue weighted by Crippen LogP contribution is 2.41. The number of rotatable bonds is 4. The van der Waals surface area contributed by atoms with Crippen molar-refractivity contribution in [2.45, 2.75) is 0 Å². The molecule has 4 aromatic heterocycles. The summed E-state index contributed by atoms with van der Waals surface area (Å²) in [5.74, 6) is 0.704. The van der Waals surface area contributed by atoms with Gasteiger partial charge in [0, 0.05) is 49.1 Å². The van der Waals surface area contributed by atoms with Gasteiger partial charge in [-0.1, -0.05) is 152 Å². The molecular formula is C56H34N4. The molecule has 0 unspecified atom stereocenters. The number of fused-ring (bicyclic) bond motifs is 14. The fourth-order valence-corrected chi connectivity index (χ4v) is 9.77. The fraction of sp³-hybridized carbons (Fsp3) is 0. The van der Waals surface area contributed by atoms with Gasteiger partial charge in [0.25, 0.3) is 0 Å². The van der Waals surface area contributed by atoms with E-state index in [1.54, 1.807) is 0 Å². The summed E-state index contributed by atoms with van der Waals surface area (Å²) in [6.07, 6.45) is 0. The Labute approximate surface area is 344 Å². The third kappa shape index (κ3) is 4.79. The standard InChI is InChI=1S/C56H34N4/c1-2-14-40-35(12-1)13-11-20-41(40)36-24-26-37(27-25-36)54-47-19-5-8-21-49(47)57-56(58-54)38-28-30-39(31-29-38)59-50-22-9-7-18-45(50)46-32-33-52-48(55(46)59)34-53-44-17-4-3-15-42(44)43-16-6-10-23-51(43)60(52)53/h1-34H. The zero-order valence-corrected chi connectivity index (χ0v) is 32.4. The van der Waals surface area contributed by atoms with Crippen LogP contribution < -0.4 is 0 Å². The van der Waals surface area contributed by atoms with Gasteiger partial charge >= 0.3 is 0 Å². The van der Waals surface area contributed by atoms with E-state index in [0.717, 1.165) is 33.4 Å². The predicted molar refractivity (Wildman–Crippen MR) is 251 cm³/mol. The van der Waals surface area contributed by atoms with E-state index >= 15 is 0 Å². The number of para-hydroxylation sites is 3. The minimum Gasteiger partial charge on any atom is -0.309 e. The second kappa shape index (κ2) is 12.7. The van der Waals surface area contributed by atoms with Crippen molar-refractivity contribution >= 4 is 81.6 Å². The molecule has 0 bridgehead atoms. The van der Waals surface area contributed by atoms with Crippen LogP contribution in [0.1, 0.15) is 0 Å². The number of benzene rings is 9. The van der Waals surface area contributed by atoms with Crippen LogP contribution in [-0.4, -0.2) is 18.9 Å². The van der Waals surface area contributed by atoms with Crippen LogP contribution in [0, 0.1) is 0 Å². The number of hydrogen-bond acceptors (Lipinski definition) is 2. The summed E-state index contributed by atoms with van der Waals surface area (Å²) >= 11 is 0. The summed E-state index contributed by atoms with van der Waals surface area (Å²) < 4.78 is 4.88. The average molecular weight is 763 g/mol. The van der Waals surface area contributed by atoms with Crippen molar-refractivity contribution in [2.75, 3.05) is 0 Å². The molecular weight excluding hydrogens is 729 g/mol. The second-order valence-electron chi connectivity index (χ2n) is 15.7. The summed E-state index contributed by atoms with van der Waals surface area (Å²) in [6, 6.07) is 74.3. The highest BCUT2D eigenvalue weighted by Gasteiger charge is 2.20. The molecule has 60 heavy (non-hydrogen) atoms. The Morgan fingerprint density at radius 3 is 1.72 bits per heavy atom. The molecule has 0 N–H and O–H groups in total. The molecule has 0 aliphatic heterocycles. The van der Waals surface area contributed by atoms with Crippen LogP contribution in [-0.2, 0) is 0 Å². The Morgan fingerprint density at radius 1 is 0.333 bits per heavy atom. The molecule has 0 atom stereocenters. The van der Waals surface area contributed by atoms with Gasteiger partial charge < -0.3 is 8.97 Å². The molecule has 0 aliphatic rings. The van der Waals surface area contributed by atoms with Crippen molar-refractivity contribution in [1.29, 1.82) is 0 Å². The normalized spacial score (nSPS) is 12.0. The number of pyridine rings is 1.